The molecular formula is C37H46Cl3N3O9S. The molecule has 2 heterocycles. The number of fused-ring (bicyclic) bond motifs is 1. The van der Waals surface area contributed by atoms with E-state index in [1.54, 1.807) is 58.4 Å². The molecule has 2 saturated carbocycles. The Morgan fingerprint density at radius 1 is 1.11 bits per heavy atom. The second-order valence-corrected chi connectivity index (χ2v) is 20.1. The smallest absolute Gasteiger partial charge is 0.307 e. The predicted octanol–water partition coefficient (Wildman–Crippen LogP) is 6.10. The van der Waals surface area contributed by atoms with Crippen molar-refractivity contribution < 1.29 is 41.8 Å². The standard InChI is InChI=1S/C37H46Cl3N3O9S/c1-8-22-18-36(22,33(47)42-53(48,49)25-10-11-25)19-29(44)28-16-24(51-31-26-12-9-23(50-7)15-21(26)13-14-41-31)20-43(28)32(46)27(34(2,3)4)17-30(45)52-35(5,6)37(38,39)40/h8-9,12-15,22,24-25,27-28H,1,10-11,16-20H2,2-7H3,(H,42,47)/t22-,24?,27-,28+,36-/m1/s1. The average molecular weight is 815 g/mol. The lowest BCUT2D eigenvalue weighted by atomic mass is 9.77. The van der Waals surface area contributed by atoms with Gasteiger partial charge in [0.2, 0.25) is 31.5 Å². The Morgan fingerprint density at radius 2 is 1.79 bits per heavy atom. The number of aromatic nitrogens is 1. The van der Waals surface area contributed by atoms with Gasteiger partial charge in [-0.25, -0.2) is 13.4 Å². The van der Waals surface area contributed by atoms with Gasteiger partial charge in [0.05, 0.1) is 42.7 Å². The molecule has 5 atom stereocenters. The predicted molar refractivity (Wildman–Crippen MR) is 201 cm³/mol. The number of hydrogen-bond donors (Lipinski definition) is 1. The Morgan fingerprint density at radius 3 is 2.36 bits per heavy atom. The number of sulfonamides is 1. The van der Waals surface area contributed by atoms with Crippen molar-refractivity contribution in [2.24, 2.45) is 22.7 Å². The fourth-order valence-corrected chi connectivity index (χ4v) is 8.26. The number of methoxy groups -OCH3 is 1. The lowest BCUT2D eigenvalue weighted by Gasteiger charge is -2.36. The number of hydrogen-bond acceptors (Lipinski definition) is 10. The minimum Gasteiger partial charge on any atom is -0.497 e. The molecule has 0 spiro atoms. The van der Waals surface area contributed by atoms with Gasteiger partial charge in [-0.05, 0) is 74.1 Å². The summed E-state index contributed by atoms with van der Waals surface area (Å²) in [6.45, 7) is 12.0. The van der Waals surface area contributed by atoms with Crippen molar-refractivity contribution in [3.63, 3.8) is 0 Å². The first kappa shape index (κ1) is 41.0. The van der Waals surface area contributed by atoms with Crippen molar-refractivity contribution in [1.82, 2.24) is 14.6 Å². The zero-order chi connectivity index (χ0) is 39.3. The number of alkyl halides is 3. The van der Waals surface area contributed by atoms with Gasteiger partial charge in [-0.2, -0.15) is 0 Å². The molecule has 1 unspecified atom stereocenters. The highest BCUT2D eigenvalue weighted by Crippen LogP contribution is 2.57. The minimum absolute atomic E-state index is 0.0368. The van der Waals surface area contributed by atoms with Crippen LogP contribution in [0.3, 0.4) is 0 Å². The van der Waals surface area contributed by atoms with E-state index in [1.807, 2.05) is 6.07 Å². The van der Waals surface area contributed by atoms with E-state index in [1.165, 1.54) is 18.7 Å². The zero-order valence-corrected chi connectivity index (χ0v) is 33.7. The second kappa shape index (κ2) is 14.8. The molecule has 1 aliphatic heterocycles. The Labute approximate surface area is 325 Å². The molecule has 53 heavy (non-hydrogen) atoms. The third-order valence-corrected chi connectivity index (χ3v) is 13.6. The van der Waals surface area contributed by atoms with Crippen LogP contribution in [-0.2, 0) is 33.9 Å². The number of pyridine rings is 1. The molecule has 290 valence electrons. The number of benzene rings is 1. The fraction of sp³-hybridized carbons (Fsp3) is 0.595. The number of carbonyl (C=O) groups excluding carboxylic acids is 4. The van der Waals surface area contributed by atoms with Gasteiger partial charge in [0.1, 0.15) is 11.9 Å². The number of ketones is 1. The minimum atomic E-state index is -3.88. The monoisotopic (exact) mass is 813 g/mol. The summed E-state index contributed by atoms with van der Waals surface area (Å²) in [6, 6.07) is 6.13. The van der Waals surface area contributed by atoms with Crippen LogP contribution in [0.25, 0.3) is 10.8 Å². The van der Waals surface area contributed by atoms with E-state index in [2.05, 4.69) is 16.3 Å². The summed E-state index contributed by atoms with van der Waals surface area (Å²) >= 11 is 18.2. The van der Waals surface area contributed by atoms with Crippen LogP contribution >= 0.6 is 34.8 Å². The lowest BCUT2D eigenvalue weighted by Crippen LogP contribution is -2.49. The highest BCUT2D eigenvalue weighted by Gasteiger charge is 2.61. The maximum atomic E-state index is 14.6. The summed E-state index contributed by atoms with van der Waals surface area (Å²) in [4.78, 5) is 61.7. The number of amides is 2. The molecule has 12 nitrogen and oxygen atoms in total. The topological polar surface area (TPSA) is 158 Å². The van der Waals surface area contributed by atoms with E-state index >= 15 is 0 Å². The number of rotatable bonds is 14. The molecule has 0 bridgehead atoms. The number of nitrogens with zero attached hydrogens (tertiary/aromatic N) is 2. The molecule has 2 aromatic rings. The molecule has 1 N–H and O–H groups in total. The van der Waals surface area contributed by atoms with Crippen LogP contribution in [-0.4, -0.2) is 82.3 Å². The fourth-order valence-electron chi connectivity index (χ4n) is 6.76. The van der Waals surface area contributed by atoms with Gasteiger partial charge in [0.25, 0.3) is 0 Å². The number of ether oxygens (including phenoxy) is 3. The van der Waals surface area contributed by atoms with E-state index in [0.717, 1.165) is 5.39 Å². The number of likely N-dealkylation sites (tertiary alicyclic amines) is 1. The van der Waals surface area contributed by atoms with Crippen LogP contribution in [0.4, 0.5) is 0 Å². The molecule has 0 radical (unpaired) electrons. The molecule has 1 aromatic carbocycles. The molecule has 1 saturated heterocycles. The molecule has 2 amide bonds. The Kier molecular flexibility index (Phi) is 11.5. The van der Waals surface area contributed by atoms with E-state index in [0.29, 0.717) is 24.0 Å². The van der Waals surface area contributed by atoms with Crippen LogP contribution in [0.1, 0.15) is 73.1 Å². The van der Waals surface area contributed by atoms with Gasteiger partial charge in [0.15, 0.2) is 11.4 Å². The van der Waals surface area contributed by atoms with Crippen molar-refractivity contribution in [2.75, 3.05) is 13.7 Å². The lowest BCUT2D eigenvalue weighted by molar-refractivity contribution is -0.162. The molecule has 3 fully saturated rings. The summed E-state index contributed by atoms with van der Waals surface area (Å²) in [5.41, 5.74) is -3.65. The number of carbonyl (C=O) groups is 4. The molecule has 3 aliphatic rings. The van der Waals surface area contributed by atoms with Crippen LogP contribution < -0.4 is 14.2 Å². The normalized spacial score (nSPS) is 23.9. The quantitative estimate of drug-likeness (QED) is 0.134. The maximum Gasteiger partial charge on any atom is 0.307 e. The van der Waals surface area contributed by atoms with E-state index in [4.69, 9.17) is 49.0 Å². The maximum absolute atomic E-state index is 14.6. The Bertz CT molecular complexity index is 1910. The van der Waals surface area contributed by atoms with Gasteiger partial charge in [-0.1, -0.05) is 61.7 Å². The first-order valence-electron chi connectivity index (χ1n) is 17.4. The van der Waals surface area contributed by atoms with Crippen LogP contribution in [0, 0.1) is 22.7 Å². The van der Waals surface area contributed by atoms with Crippen LogP contribution in [0.5, 0.6) is 11.6 Å². The van der Waals surface area contributed by atoms with Crippen molar-refractivity contribution in [3.05, 3.63) is 43.1 Å². The number of halogens is 3. The SMILES string of the molecule is C=C[C@@H]1C[C@]1(CC(=O)[C@@H]1CC(Oc2nccc3cc(OC)ccc23)CN1C(=O)[C@@H](CC(=O)OC(C)(C)C(Cl)(Cl)Cl)C(C)(C)C)C(=O)NS(=O)(=O)C1CC1. The van der Waals surface area contributed by atoms with Gasteiger partial charge in [-0.3, -0.25) is 23.9 Å². The molecule has 5 rings (SSSR count). The van der Waals surface area contributed by atoms with Crippen molar-refractivity contribution >= 4 is 79.2 Å². The number of esters is 1. The zero-order valence-electron chi connectivity index (χ0n) is 30.6. The van der Waals surface area contributed by atoms with Crippen molar-refractivity contribution in [1.29, 1.82) is 0 Å². The van der Waals surface area contributed by atoms with Crippen LogP contribution in [0.2, 0.25) is 0 Å². The third-order valence-electron chi connectivity index (χ3n) is 10.5. The van der Waals surface area contributed by atoms with Gasteiger partial charge < -0.3 is 19.1 Å². The molecule has 1 aromatic heterocycles. The number of nitrogens with one attached hydrogen (secondary N) is 1. The largest absolute Gasteiger partial charge is 0.497 e. The Balaban J connectivity index is 1.45. The summed E-state index contributed by atoms with van der Waals surface area (Å²) in [7, 11) is -2.32. The van der Waals surface area contributed by atoms with E-state index < -0.39 is 83.0 Å². The second-order valence-electron chi connectivity index (χ2n) is 15.8. The van der Waals surface area contributed by atoms with Gasteiger partial charge in [0, 0.05) is 24.4 Å². The first-order chi connectivity index (χ1) is 24.5. The summed E-state index contributed by atoms with van der Waals surface area (Å²) < 4.78 is 43.0. The van der Waals surface area contributed by atoms with Crippen LogP contribution in [0.15, 0.2) is 43.1 Å². The van der Waals surface area contributed by atoms with Crippen molar-refractivity contribution in [3.8, 4) is 11.6 Å². The number of allylic oxidation sites excluding steroid dienone is 1. The van der Waals surface area contributed by atoms with E-state index in [9.17, 15) is 27.6 Å². The summed E-state index contributed by atoms with van der Waals surface area (Å²) in [6.07, 6.45) is 2.91. The number of Topliss-reactive ketones (excluding diaryl/α,β-unsaturated/α-hetero) is 1. The highest BCUT2D eigenvalue weighted by atomic mass is 35.6. The van der Waals surface area contributed by atoms with Crippen molar-refractivity contribution in [2.45, 2.75) is 99.9 Å². The molecular weight excluding hydrogens is 769 g/mol. The molecule has 16 heteroatoms. The summed E-state index contributed by atoms with van der Waals surface area (Å²) in [5.74, 6) is -2.98. The van der Waals surface area contributed by atoms with Gasteiger partial charge >= 0.3 is 5.97 Å². The van der Waals surface area contributed by atoms with E-state index in [-0.39, 0.29) is 38.1 Å². The average Bonchev–Trinajstić information content (AvgIpc) is 3.98. The molecule has 2 aliphatic carbocycles. The first-order valence-corrected chi connectivity index (χ1v) is 20.1. The van der Waals surface area contributed by atoms with Gasteiger partial charge in [-0.15, -0.1) is 6.58 Å². The highest BCUT2D eigenvalue weighted by molar-refractivity contribution is 7.90. The summed E-state index contributed by atoms with van der Waals surface area (Å²) in [5, 5.41) is 0.855. The Hall–Kier alpha value is -3.13. The third kappa shape index (κ3) is 8.89.